The van der Waals surface area contributed by atoms with E-state index in [2.05, 4.69) is 13.2 Å². The van der Waals surface area contributed by atoms with E-state index in [0.29, 0.717) is 0 Å². The second-order valence-corrected chi connectivity index (χ2v) is 3.23. The zero-order valence-corrected chi connectivity index (χ0v) is 11.0. The predicted molar refractivity (Wildman–Crippen MR) is 52.9 cm³/mol. The molecule has 7 heteroatoms. The molecule has 0 spiro atoms. The van der Waals surface area contributed by atoms with Gasteiger partial charge < -0.3 is 10.2 Å². The van der Waals surface area contributed by atoms with E-state index in [1.807, 2.05) is 0 Å². The molecule has 0 heterocycles. The second-order valence-electron chi connectivity index (χ2n) is 3.23. The van der Waals surface area contributed by atoms with Gasteiger partial charge in [0.1, 0.15) is 0 Å². The van der Waals surface area contributed by atoms with Gasteiger partial charge in [0.05, 0.1) is 0 Å². The van der Waals surface area contributed by atoms with Gasteiger partial charge in [0.25, 0.3) is 5.60 Å². The molecule has 0 unspecified atom stereocenters. The van der Waals surface area contributed by atoms with E-state index < -0.39 is 23.1 Å². The van der Waals surface area contributed by atoms with E-state index in [1.54, 1.807) is 0 Å². The number of aliphatic hydroxyl groups is 1. The van der Waals surface area contributed by atoms with Crippen molar-refractivity contribution in [2.75, 3.05) is 0 Å². The number of Topliss-reactive ketones (excluding diaryl/α,β-unsaturated/α-hetero) is 2. The van der Waals surface area contributed by atoms with Crippen molar-refractivity contribution in [1.82, 2.24) is 0 Å². The third-order valence-corrected chi connectivity index (χ3v) is 1.74. The molecular weight excluding hydrogens is 264 g/mol. The molecule has 0 rings (SSSR count). The van der Waals surface area contributed by atoms with Crippen molar-refractivity contribution >= 4 is 17.5 Å². The van der Waals surface area contributed by atoms with Crippen LogP contribution in [-0.2, 0) is 38.1 Å². The Balaban J connectivity index is 0. The van der Waals surface area contributed by atoms with Crippen molar-refractivity contribution in [3.63, 3.8) is 0 Å². The van der Waals surface area contributed by atoms with E-state index >= 15 is 0 Å². The van der Waals surface area contributed by atoms with Gasteiger partial charge >= 0.3 is 29.7 Å². The van der Waals surface area contributed by atoms with Gasteiger partial charge in [0.2, 0.25) is 11.6 Å². The fourth-order valence-corrected chi connectivity index (χ4v) is 0.915. The quantitative estimate of drug-likeness (QED) is 0.414. The van der Waals surface area contributed by atoms with Crippen LogP contribution in [-0.4, -0.2) is 33.3 Å². The summed E-state index contributed by atoms with van der Waals surface area (Å²) >= 11 is 0.750. The second kappa shape index (κ2) is 7.16. The van der Waals surface area contributed by atoms with Gasteiger partial charge in [-0.3, -0.25) is 9.59 Å². The fraction of sp³-hybridized carbons (Fsp3) is 0.300. The van der Waals surface area contributed by atoms with Crippen molar-refractivity contribution in [3.8, 4) is 0 Å². The molecule has 0 aliphatic carbocycles. The van der Waals surface area contributed by atoms with Crippen molar-refractivity contribution in [1.29, 1.82) is 0 Å². The van der Waals surface area contributed by atoms with Crippen LogP contribution in [0.1, 0.15) is 13.8 Å². The predicted octanol–water partition coefficient (Wildman–Crippen LogP) is -0.0288. The van der Waals surface area contributed by atoms with E-state index in [1.165, 1.54) is 13.8 Å². The molecule has 0 aromatic carbocycles. The number of carboxylic acids is 1. The maximum atomic E-state index is 11.4. The maximum absolute atomic E-state index is 11.4. The van der Waals surface area contributed by atoms with Crippen LogP contribution in [0.2, 0.25) is 0 Å². The number of aliphatic carboxylic acids is 1. The minimum atomic E-state index is -3.10. The average molecular weight is 276 g/mol. The van der Waals surface area contributed by atoms with Gasteiger partial charge in [-0.15, -0.1) is 0 Å². The molecule has 0 aromatic heterocycles. The zero-order chi connectivity index (χ0) is 14.4. The first-order valence-corrected chi connectivity index (χ1v) is 4.86. The average Bonchev–Trinajstić information content (AvgIpc) is 2.27. The monoisotopic (exact) mass is 276 g/mol. The van der Waals surface area contributed by atoms with E-state index in [0.717, 1.165) is 20.4 Å². The number of ketones is 2. The van der Waals surface area contributed by atoms with Crippen LogP contribution in [0, 0.1) is 0 Å². The van der Waals surface area contributed by atoms with Crippen LogP contribution in [0.5, 0.6) is 0 Å². The molecule has 6 nitrogen and oxygen atoms in total. The molecule has 0 fully saturated rings. The zero-order valence-electron chi connectivity index (χ0n) is 9.44. The Labute approximate surface area is 110 Å². The number of hydrogen-bond acceptors (Lipinski definition) is 5. The molecule has 92 valence electrons. The SMILES string of the molecule is C=C(C)C(=O)C(O)(C(=O)O)C(=O)C(=C)C.[O]=[Ti]. The first kappa shape index (κ1) is 18.1. The molecule has 0 radical (unpaired) electrons. The normalized spacial score (nSPS) is 9.53. The van der Waals surface area contributed by atoms with Gasteiger partial charge in [-0.05, 0) is 25.0 Å². The summed E-state index contributed by atoms with van der Waals surface area (Å²) in [7, 11) is 0. The third kappa shape index (κ3) is 3.92. The van der Waals surface area contributed by atoms with Gasteiger partial charge in [-0.1, -0.05) is 13.2 Å². The summed E-state index contributed by atoms with van der Waals surface area (Å²) in [5, 5.41) is 18.2. The number of carboxylic acid groups (broad SMARTS) is 1. The van der Waals surface area contributed by atoms with Crippen LogP contribution >= 0.6 is 0 Å². The van der Waals surface area contributed by atoms with E-state index in [-0.39, 0.29) is 11.1 Å². The number of carbonyl (C=O) groups is 3. The molecule has 0 aliphatic heterocycles. The van der Waals surface area contributed by atoms with Crippen LogP contribution < -0.4 is 0 Å². The minimum absolute atomic E-state index is 0.213. The van der Waals surface area contributed by atoms with Crippen LogP contribution in [0.4, 0.5) is 0 Å². The molecule has 0 amide bonds. The first-order chi connectivity index (χ1) is 7.65. The van der Waals surface area contributed by atoms with Crippen molar-refractivity contribution in [2.45, 2.75) is 19.4 Å². The molecule has 0 saturated carbocycles. The Bertz CT molecular complexity index is 358. The van der Waals surface area contributed by atoms with Gasteiger partial charge in [0, 0.05) is 0 Å². The number of rotatable bonds is 5. The van der Waals surface area contributed by atoms with Crippen molar-refractivity contribution in [3.05, 3.63) is 24.3 Å². The van der Waals surface area contributed by atoms with E-state index in [9.17, 15) is 19.5 Å². The molecule has 0 atom stereocenters. The van der Waals surface area contributed by atoms with Crippen molar-refractivity contribution < 1.29 is 48.3 Å². The molecule has 2 N–H and O–H groups in total. The Kier molecular flexibility index (Phi) is 7.64. The van der Waals surface area contributed by atoms with Gasteiger partial charge in [-0.25, -0.2) is 4.79 Å². The van der Waals surface area contributed by atoms with Gasteiger partial charge in [-0.2, -0.15) is 0 Å². The van der Waals surface area contributed by atoms with Crippen LogP contribution in [0.15, 0.2) is 24.3 Å². The molecule has 0 saturated heterocycles. The Hall–Kier alpha value is -1.24. The fourth-order valence-electron chi connectivity index (χ4n) is 0.915. The van der Waals surface area contributed by atoms with E-state index in [4.69, 9.17) is 8.43 Å². The number of hydrogen-bond donors (Lipinski definition) is 2. The molecular formula is C10H12O6Ti. The summed E-state index contributed by atoms with van der Waals surface area (Å²) in [6.07, 6.45) is 0. The summed E-state index contributed by atoms with van der Waals surface area (Å²) < 4.78 is 8.25. The Morgan fingerprint density at radius 1 is 1.00 bits per heavy atom. The standard InChI is InChI=1S/C10H12O5.O.Ti/c1-5(2)7(11)10(15,9(13)14)8(12)6(3)4;;/h15H,1,3H2,2,4H3,(H,13,14);;. The topological polar surface area (TPSA) is 109 Å². The van der Waals surface area contributed by atoms with Crippen LogP contribution in [0.3, 0.4) is 0 Å². The third-order valence-electron chi connectivity index (χ3n) is 1.74. The summed E-state index contributed by atoms with van der Waals surface area (Å²) in [5.74, 6) is -4.39. The van der Waals surface area contributed by atoms with Crippen molar-refractivity contribution in [2.24, 2.45) is 0 Å². The number of carbonyl (C=O) groups excluding carboxylic acids is 2. The molecule has 0 aliphatic rings. The molecule has 0 bridgehead atoms. The Morgan fingerprint density at radius 3 is 1.35 bits per heavy atom. The van der Waals surface area contributed by atoms with Gasteiger partial charge in [0.15, 0.2) is 0 Å². The van der Waals surface area contributed by atoms with Crippen LogP contribution in [0.25, 0.3) is 0 Å². The summed E-state index contributed by atoms with van der Waals surface area (Å²) in [4.78, 5) is 33.5. The molecule has 0 aromatic rings. The summed E-state index contributed by atoms with van der Waals surface area (Å²) in [6, 6.07) is 0. The summed E-state index contributed by atoms with van der Waals surface area (Å²) in [5.41, 5.74) is -3.53. The molecule has 17 heavy (non-hydrogen) atoms. The first-order valence-electron chi connectivity index (χ1n) is 4.22. The summed E-state index contributed by atoms with van der Waals surface area (Å²) in [6.45, 7) is 8.80. The Morgan fingerprint density at radius 2 is 1.24 bits per heavy atom.